The van der Waals surface area contributed by atoms with Gasteiger partial charge in [-0.3, -0.25) is 15.1 Å². The van der Waals surface area contributed by atoms with Gasteiger partial charge in [0.1, 0.15) is 17.7 Å². The van der Waals surface area contributed by atoms with Crippen molar-refractivity contribution in [2.24, 2.45) is 10.7 Å². The normalized spacial score (nSPS) is 27.8. The fraction of sp³-hybridized carbons (Fsp3) is 0.353. The molecule has 0 bridgehead atoms. The lowest BCUT2D eigenvalue weighted by Crippen LogP contribution is -2.46. The maximum absolute atomic E-state index is 12.9. The second-order valence-electron chi connectivity index (χ2n) is 6.19. The van der Waals surface area contributed by atoms with Crippen molar-refractivity contribution in [1.29, 1.82) is 0 Å². The maximum atomic E-state index is 12.9. The number of benzene rings is 1. The van der Waals surface area contributed by atoms with E-state index in [1.807, 2.05) is 6.07 Å². The van der Waals surface area contributed by atoms with Gasteiger partial charge in [0.15, 0.2) is 0 Å². The highest BCUT2D eigenvalue weighted by molar-refractivity contribution is 6.05. The summed E-state index contributed by atoms with van der Waals surface area (Å²) in [7, 11) is 0. The average molecular weight is 341 g/mol. The molecule has 25 heavy (non-hydrogen) atoms. The first-order valence-corrected chi connectivity index (χ1v) is 8.16. The van der Waals surface area contributed by atoms with E-state index in [9.17, 15) is 9.90 Å². The number of nitrogens with two attached hydrogens (primary N) is 1. The van der Waals surface area contributed by atoms with Crippen molar-refractivity contribution in [3.63, 3.8) is 0 Å². The van der Waals surface area contributed by atoms with E-state index in [0.717, 1.165) is 12.8 Å². The number of aliphatic hydroxyl groups is 1. The summed E-state index contributed by atoms with van der Waals surface area (Å²) >= 11 is 0. The molecule has 3 heterocycles. The molecule has 2 aliphatic rings. The van der Waals surface area contributed by atoms with Gasteiger partial charge in [0.2, 0.25) is 11.4 Å². The highest BCUT2D eigenvalue weighted by Gasteiger charge is 2.43. The Bertz CT molecular complexity index is 819. The van der Waals surface area contributed by atoms with Crippen molar-refractivity contribution < 1.29 is 14.6 Å². The van der Waals surface area contributed by atoms with Crippen LogP contribution in [0.5, 0.6) is 0 Å². The summed E-state index contributed by atoms with van der Waals surface area (Å²) in [4.78, 5) is 21.5. The van der Waals surface area contributed by atoms with Crippen molar-refractivity contribution in [3.05, 3.63) is 47.9 Å². The van der Waals surface area contributed by atoms with Crippen LogP contribution in [-0.2, 0) is 10.4 Å². The van der Waals surface area contributed by atoms with E-state index in [2.05, 4.69) is 15.3 Å². The van der Waals surface area contributed by atoms with Crippen molar-refractivity contribution in [3.8, 4) is 0 Å². The molecule has 1 fully saturated rings. The topological polar surface area (TPSA) is 115 Å². The van der Waals surface area contributed by atoms with Gasteiger partial charge in [-0.15, -0.1) is 0 Å². The van der Waals surface area contributed by atoms with Crippen LogP contribution in [0, 0.1) is 0 Å². The number of fused-ring (bicyclic) bond motifs is 1. The number of rotatable bonds is 4. The fourth-order valence-corrected chi connectivity index (χ4v) is 3.26. The molecule has 0 radical (unpaired) electrons. The van der Waals surface area contributed by atoms with Crippen molar-refractivity contribution >= 4 is 17.9 Å². The SMILES string of the molecule is NC1(C(=O)c2ccccc2)N=CNc2c1ncn2[C@H]1CC[C@@H](CO)O1. The molecule has 0 aliphatic carbocycles. The van der Waals surface area contributed by atoms with Gasteiger partial charge in [-0.1, -0.05) is 30.3 Å². The summed E-state index contributed by atoms with van der Waals surface area (Å²) < 4.78 is 7.60. The zero-order valence-corrected chi connectivity index (χ0v) is 13.5. The molecular weight excluding hydrogens is 322 g/mol. The molecule has 4 N–H and O–H groups in total. The van der Waals surface area contributed by atoms with E-state index in [1.54, 1.807) is 35.2 Å². The largest absolute Gasteiger partial charge is 0.394 e. The quantitative estimate of drug-likeness (QED) is 0.715. The van der Waals surface area contributed by atoms with Gasteiger partial charge in [-0.05, 0) is 12.8 Å². The van der Waals surface area contributed by atoms with E-state index < -0.39 is 5.66 Å². The fourth-order valence-electron chi connectivity index (χ4n) is 3.26. The Morgan fingerprint density at radius 2 is 2.20 bits per heavy atom. The van der Waals surface area contributed by atoms with E-state index >= 15 is 0 Å². The maximum Gasteiger partial charge on any atom is 0.219 e. The van der Waals surface area contributed by atoms with Crippen LogP contribution in [0.2, 0.25) is 0 Å². The van der Waals surface area contributed by atoms with Crippen LogP contribution in [0.1, 0.15) is 35.1 Å². The first kappa shape index (κ1) is 15.9. The first-order valence-electron chi connectivity index (χ1n) is 8.16. The number of Topliss-reactive ketones (excluding diaryl/α,β-unsaturated/α-hetero) is 1. The predicted molar refractivity (Wildman–Crippen MR) is 91.2 cm³/mol. The van der Waals surface area contributed by atoms with Gasteiger partial charge in [-0.25, -0.2) is 9.98 Å². The Hall–Kier alpha value is -2.55. The monoisotopic (exact) mass is 341 g/mol. The van der Waals surface area contributed by atoms with E-state index in [1.165, 1.54) is 6.34 Å². The average Bonchev–Trinajstić information content (AvgIpc) is 3.29. The number of imidazole rings is 1. The Morgan fingerprint density at radius 1 is 1.40 bits per heavy atom. The number of carbonyl (C=O) groups is 1. The summed E-state index contributed by atoms with van der Waals surface area (Å²) in [6.07, 6.45) is 4.07. The second kappa shape index (κ2) is 6.07. The minimum atomic E-state index is -1.58. The Balaban J connectivity index is 1.69. The molecule has 1 aromatic heterocycles. The van der Waals surface area contributed by atoms with Crippen LogP contribution < -0.4 is 11.1 Å². The molecule has 0 spiro atoms. The minimum absolute atomic E-state index is 0.0183. The minimum Gasteiger partial charge on any atom is -0.394 e. The zero-order valence-electron chi connectivity index (χ0n) is 13.5. The number of anilines is 1. The second-order valence-corrected chi connectivity index (χ2v) is 6.19. The van der Waals surface area contributed by atoms with Gasteiger partial charge < -0.3 is 15.2 Å². The summed E-state index contributed by atoms with van der Waals surface area (Å²) in [6, 6.07) is 8.81. The lowest BCUT2D eigenvalue weighted by atomic mass is 9.95. The molecule has 1 aromatic carbocycles. The van der Waals surface area contributed by atoms with Crippen LogP contribution >= 0.6 is 0 Å². The molecule has 1 saturated heterocycles. The lowest BCUT2D eigenvalue weighted by Gasteiger charge is -2.27. The van der Waals surface area contributed by atoms with Crippen LogP contribution in [0.15, 0.2) is 41.7 Å². The van der Waals surface area contributed by atoms with E-state index in [-0.39, 0.29) is 24.7 Å². The molecular formula is C17H19N5O3. The number of nitrogens with zero attached hydrogens (tertiary/aromatic N) is 3. The van der Waals surface area contributed by atoms with Crippen LogP contribution in [0.25, 0.3) is 0 Å². The molecule has 3 atom stereocenters. The zero-order chi connectivity index (χ0) is 17.4. The number of hydrogen-bond donors (Lipinski definition) is 3. The lowest BCUT2D eigenvalue weighted by molar-refractivity contribution is -0.0214. The Labute approximate surface area is 144 Å². The number of aliphatic hydroxyl groups excluding tert-OH is 1. The Morgan fingerprint density at radius 3 is 2.92 bits per heavy atom. The van der Waals surface area contributed by atoms with Crippen molar-refractivity contribution in [2.75, 3.05) is 11.9 Å². The number of nitrogens with one attached hydrogen (secondary N) is 1. The highest BCUT2D eigenvalue weighted by atomic mass is 16.5. The number of carbonyl (C=O) groups excluding carboxylic acids is 1. The van der Waals surface area contributed by atoms with Gasteiger partial charge in [0.05, 0.1) is 25.4 Å². The van der Waals surface area contributed by atoms with Gasteiger partial charge in [0, 0.05) is 5.56 Å². The number of aliphatic imine (C=N–C) groups is 1. The number of hydrogen-bond acceptors (Lipinski definition) is 7. The predicted octanol–water partition coefficient (Wildman–Crippen LogP) is 1.00. The molecule has 1 unspecified atom stereocenters. The molecule has 130 valence electrons. The summed E-state index contributed by atoms with van der Waals surface area (Å²) in [5.74, 6) is 0.267. The molecule has 0 saturated carbocycles. The molecule has 2 aromatic rings. The van der Waals surface area contributed by atoms with Gasteiger partial charge >= 0.3 is 0 Å². The third-order valence-electron chi connectivity index (χ3n) is 4.61. The van der Waals surface area contributed by atoms with Gasteiger partial charge in [0.25, 0.3) is 0 Å². The van der Waals surface area contributed by atoms with Crippen LogP contribution in [0.3, 0.4) is 0 Å². The van der Waals surface area contributed by atoms with E-state index in [4.69, 9.17) is 10.5 Å². The summed E-state index contributed by atoms with van der Waals surface area (Å²) in [6.45, 7) is -0.0183. The standard InChI is InChI=1S/C17H19N5O3/c18-17(15(24)11-4-2-1-3-5-11)14-16(19-9-21-17)22(10-20-14)13-7-6-12(8-23)25-13/h1-5,9-10,12-13,23H,6-8,18H2,(H,19,21)/t12-,13+,17?/m0/s1. The van der Waals surface area contributed by atoms with Crippen molar-refractivity contribution in [2.45, 2.75) is 30.8 Å². The first-order chi connectivity index (χ1) is 12.1. The van der Waals surface area contributed by atoms with Crippen molar-refractivity contribution in [1.82, 2.24) is 9.55 Å². The highest BCUT2D eigenvalue weighted by Crippen LogP contribution is 2.37. The van der Waals surface area contributed by atoms with Gasteiger partial charge in [-0.2, -0.15) is 0 Å². The van der Waals surface area contributed by atoms with Crippen LogP contribution in [-0.4, -0.2) is 39.5 Å². The smallest absolute Gasteiger partial charge is 0.219 e. The molecule has 0 amide bonds. The summed E-state index contributed by atoms with van der Waals surface area (Å²) in [5.41, 5.74) is 5.62. The number of ketones is 1. The van der Waals surface area contributed by atoms with Crippen LogP contribution in [0.4, 0.5) is 5.82 Å². The third-order valence-corrected chi connectivity index (χ3v) is 4.61. The number of aromatic nitrogens is 2. The Kier molecular flexibility index (Phi) is 3.87. The molecule has 8 heteroatoms. The van der Waals surface area contributed by atoms with E-state index in [0.29, 0.717) is 17.1 Å². The summed E-state index contributed by atoms with van der Waals surface area (Å²) in [5, 5.41) is 12.3. The molecule has 2 aliphatic heterocycles. The third kappa shape index (κ3) is 2.55. The number of ether oxygens (including phenoxy) is 1. The molecule has 8 nitrogen and oxygen atoms in total. The molecule has 4 rings (SSSR count).